The minimum Gasteiger partial charge on any atom is -0.457 e. The molecule has 0 spiro atoms. The van der Waals surface area contributed by atoms with Crippen LogP contribution >= 0.6 is 0 Å². The number of esters is 2. The molecule has 8 heteroatoms. The summed E-state index contributed by atoms with van der Waals surface area (Å²) in [5.74, 6) is -1.45. The van der Waals surface area contributed by atoms with Gasteiger partial charge >= 0.3 is 11.9 Å². The molecule has 1 aliphatic heterocycles. The number of hydrogen-bond acceptors (Lipinski definition) is 7. The van der Waals surface area contributed by atoms with Crippen molar-refractivity contribution in [3.63, 3.8) is 0 Å². The van der Waals surface area contributed by atoms with Gasteiger partial charge in [0.15, 0.2) is 6.61 Å². The van der Waals surface area contributed by atoms with Crippen LogP contribution in [0.3, 0.4) is 0 Å². The summed E-state index contributed by atoms with van der Waals surface area (Å²) < 4.78 is 38.6. The Labute approximate surface area is 122 Å². The van der Waals surface area contributed by atoms with Crippen molar-refractivity contribution in [2.75, 3.05) is 6.61 Å². The highest BCUT2D eigenvalue weighted by Gasteiger charge is 2.65. The van der Waals surface area contributed by atoms with Crippen molar-refractivity contribution in [3.8, 4) is 0 Å². The van der Waals surface area contributed by atoms with Crippen LogP contribution in [0.25, 0.3) is 0 Å². The summed E-state index contributed by atoms with van der Waals surface area (Å²) in [6.07, 6.45) is 0.00419. The molecule has 1 saturated heterocycles. The number of ether oxygens (including phenoxy) is 2. The molecule has 0 aromatic carbocycles. The van der Waals surface area contributed by atoms with Crippen LogP contribution in [0.2, 0.25) is 0 Å². The van der Waals surface area contributed by atoms with Gasteiger partial charge in [-0.25, -0.2) is 9.59 Å². The first-order valence-corrected chi connectivity index (χ1v) is 8.21. The highest BCUT2D eigenvalue weighted by Crippen LogP contribution is 2.55. The lowest BCUT2D eigenvalue weighted by Gasteiger charge is -2.24. The average molecular weight is 316 g/mol. The Morgan fingerprint density at radius 3 is 2.71 bits per heavy atom. The summed E-state index contributed by atoms with van der Waals surface area (Å²) >= 11 is 0. The highest BCUT2D eigenvalue weighted by atomic mass is 32.2. The Hall–Kier alpha value is -1.41. The second-order valence-corrected chi connectivity index (χ2v) is 7.58. The van der Waals surface area contributed by atoms with Crippen molar-refractivity contribution >= 4 is 22.1 Å². The van der Waals surface area contributed by atoms with Gasteiger partial charge in [0.05, 0.1) is 5.25 Å². The SMILES string of the molecule is C=C(C)C(=O)OCC(=O)OC1C2OS(=O)(=O)C3C[C@@H]1CC23. The van der Waals surface area contributed by atoms with Crippen molar-refractivity contribution in [3.05, 3.63) is 12.2 Å². The molecule has 21 heavy (non-hydrogen) atoms. The lowest BCUT2D eigenvalue weighted by Crippen LogP contribution is -2.38. The summed E-state index contributed by atoms with van der Waals surface area (Å²) in [6.45, 7) is 4.36. The molecule has 0 aromatic rings. The van der Waals surface area contributed by atoms with E-state index in [2.05, 4.69) is 6.58 Å². The molecule has 4 unspecified atom stereocenters. The fourth-order valence-corrected chi connectivity index (χ4v) is 5.36. The average Bonchev–Trinajstić information content (AvgIpc) is 2.99. The fraction of sp³-hybridized carbons (Fsp3) is 0.692. The molecule has 2 aliphatic carbocycles. The van der Waals surface area contributed by atoms with Gasteiger partial charge in [-0.2, -0.15) is 8.42 Å². The van der Waals surface area contributed by atoms with E-state index in [1.54, 1.807) is 0 Å². The smallest absolute Gasteiger partial charge is 0.344 e. The summed E-state index contributed by atoms with van der Waals surface area (Å²) in [5.41, 5.74) is 0.191. The number of fused-ring (bicyclic) bond motifs is 1. The van der Waals surface area contributed by atoms with E-state index in [4.69, 9.17) is 13.7 Å². The van der Waals surface area contributed by atoms with Gasteiger partial charge in [-0.15, -0.1) is 0 Å². The van der Waals surface area contributed by atoms with E-state index in [0.29, 0.717) is 12.8 Å². The van der Waals surface area contributed by atoms with Crippen LogP contribution in [0.4, 0.5) is 0 Å². The summed E-state index contributed by atoms with van der Waals surface area (Å²) in [5, 5.41) is -0.455. The largest absolute Gasteiger partial charge is 0.457 e. The van der Waals surface area contributed by atoms with E-state index in [0.717, 1.165) is 0 Å². The Morgan fingerprint density at radius 2 is 2.05 bits per heavy atom. The van der Waals surface area contributed by atoms with Gasteiger partial charge < -0.3 is 9.47 Å². The molecular weight excluding hydrogens is 300 g/mol. The molecule has 0 radical (unpaired) electrons. The van der Waals surface area contributed by atoms with Crippen LogP contribution in [0.1, 0.15) is 19.8 Å². The molecule has 0 N–H and O–H groups in total. The number of rotatable bonds is 4. The molecular formula is C13H16O7S. The van der Waals surface area contributed by atoms with E-state index >= 15 is 0 Å². The van der Waals surface area contributed by atoms with Crippen molar-refractivity contribution in [1.82, 2.24) is 0 Å². The second-order valence-electron chi connectivity index (χ2n) is 5.80. The van der Waals surface area contributed by atoms with Crippen LogP contribution in [0, 0.1) is 11.8 Å². The number of carbonyl (C=O) groups is 2. The quantitative estimate of drug-likeness (QED) is 0.414. The monoisotopic (exact) mass is 316 g/mol. The number of carbonyl (C=O) groups excluding carboxylic acids is 2. The summed E-state index contributed by atoms with van der Waals surface area (Å²) in [7, 11) is -3.53. The maximum absolute atomic E-state index is 11.8. The molecule has 0 amide bonds. The zero-order valence-electron chi connectivity index (χ0n) is 11.5. The van der Waals surface area contributed by atoms with Crippen molar-refractivity contribution < 1.29 is 31.7 Å². The van der Waals surface area contributed by atoms with Gasteiger partial charge in [0.25, 0.3) is 10.1 Å². The fourth-order valence-electron chi connectivity index (χ4n) is 3.48. The highest BCUT2D eigenvalue weighted by molar-refractivity contribution is 7.87. The second kappa shape index (κ2) is 4.81. The van der Waals surface area contributed by atoms with E-state index < -0.39 is 46.1 Å². The van der Waals surface area contributed by atoms with E-state index in [1.807, 2.05) is 0 Å². The van der Waals surface area contributed by atoms with E-state index in [9.17, 15) is 18.0 Å². The zero-order chi connectivity index (χ0) is 15.4. The Kier molecular flexibility index (Phi) is 3.32. The Balaban J connectivity index is 1.59. The van der Waals surface area contributed by atoms with Gasteiger partial charge in [0.2, 0.25) is 0 Å². The molecule has 3 fully saturated rings. The molecule has 1 heterocycles. The Bertz CT molecular complexity index is 608. The van der Waals surface area contributed by atoms with Gasteiger partial charge in [0.1, 0.15) is 12.2 Å². The minimum atomic E-state index is -3.53. The first-order chi connectivity index (χ1) is 9.79. The topological polar surface area (TPSA) is 96.0 Å². The predicted octanol–water partition coefficient (Wildman–Crippen LogP) is 0.155. The van der Waals surface area contributed by atoms with Crippen LogP contribution in [0.5, 0.6) is 0 Å². The lowest BCUT2D eigenvalue weighted by molar-refractivity contribution is -0.165. The third-order valence-electron chi connectivity index (χ3n) is 4.35. The zero-order valence-corrected chi connectivity index (χ0v) is 12.3. The van der Waals surface area contributed by atoms with E-state index in [1.165, 1.54) is 6.92 Å². The first-order valence-electron chi connectivity index (χ1n) is 6.74. The van der Waals surface area contributed by atoms with Gasteiger partial charge in [-0.1, -0.05) is 6.58 Å². The van der Waals surface area contributed by atoms with Crippen molar-refractivity contribution in [2.45, 2.75) is 37.2 Å². The molecule has 2 bridgehead atoms. The summed E-state index contributed by atoms with van der Waals surface area (Å²) in [4.78, 5) is 22.9. The molecule has 0 aromatic heterocycles. The number of hydrogen-bond donors (Lipinski definition) is 0. The van der Waals surface area contributed by atoms with Crippen LogP contribution in [0.15, 0.2) is 12.2 Å². The van der Waals surface area contributed by atoms with Crippen LogP contribution < -0.4 is 0 Å². The predicted molar refractivity (Wildman–Crippen MR) is 69.4 cm³/mol. The molecule has 5 atom stereocenters. The third kappa shape index (κ3) is 2.36. The van der Waals surface area contributed by atoms with Gasteiger partial charge in [-0.05, 0) is 19.8 Å². The lowest BCUT2D eigenvalue weighted by atomic mass is 9.94. The Morgan fingerprint density at radius 1 is 1.33 bits per heavy atom. The summed E-state index contributed by atoms with van der Waals surface area (Å²) in [6, 6.07) is 0. The molecule has 3 rings (SSSR count). The van der Waals surface area contributed by atoms with Crippen LogP contribution in [-0.4, -0.2) is 44.4 Å². The van der Waals surface area contributed by atoms with E-state index in [-0.39, 0.29) is 17.4 Å². The maximum atomic E-state index is 11.8. The molecule has 7 nitrogen and oxygen atoms in total. The van der Waals surface area contributed by atoms with Crippen LogP contribution in [-0.2, 0) is 33.4 Å². The minimum absolute atomic E-state index is 0.00284. The normalized spacial score (nSPS) is 38.2. The maximum Gasteiger partial charge on any atom is 0.344 e. The third-order valence-corrected chi connectivity index (χ3v) is 6.13. The standard InChI is InChI=1S/C13H16O7S/c1-6(2)13(15)18-5-10(14)19-11-7-3-8-9(4-7)21(16,17)20-12(8)11/h7-9,11-12H,1,3-5H2,2H3/t7-,8?,9?,11?,12?/m0/s1. The van der Waals surface area contributed by atoms with Crippen molar-refractivity contribution in [2.24, 2.45) is 11.8 Å². The molecule has 116 valence electrons. The molecule has 2 saturated carbocycles. The van der Waals surface area contributed by atoms with Gasteiger partial charge in [-0.3, -0.25) is 4.18 Å². The molecule has 3 aliphatic rings. The van der Waals surface area contributed by atoms with Gasteiger partial charge in [0, 0.05) is 17.4 Å². The van der Waals surface area contributed by atoms with Crippen molar-refractivity contribution in [1.29, 1.82) is 0 Å². The first kappa shape index (κ1) is 14.5.